The van der Waals surface area contributed by atoms with E-state index in [0.717, 1.165) is 45.2 Å². The Morgan fingerprint density at radius 1 is 0.971 bits per heavy atom. The number of ether oxygens (including phenoxy) is 2. The lowest BCUT2D eigenvalue weighted by Crippen LogP contribution is -2.48. The Bertz CT molecular complexity index is 683. The summed E-state index contributed by atoms with van der Waals surface area (Å²) in [6.45, 7) is 22.5. The van der Waals surface area contributed by atoms with E-state index in [0.29, 0.717) is 49.4 Å². The zero-order valence-corrected chi connectivity index (χ0v) is 25.0. The molecule has 1 heterocycles. The number of amides is 1. The maximum Gasteiger partial charge on any atom is 0.302 e. The molecule has 0 spiro atoms. The van der Waals surface area contributed by atoms with E-state index in [9.17, 15) is 9.59 Å². The lowest BCUT2D eigenvalue weighted by molar-refractivity contribution is -0.146. The van der Waals surface area contributed by atoms with Crippen molar-refractivity contribution < 1.29 is 23.5 Å². The van der Waals surface area contributed by atoms with Crippen molar-refractivity contribution in [1.29, 1.82) is 0 Å². The number of nitrogens with zero attached hydrogens (tertiary/aromatic N) is 1. The Balaban J connectivity index is 1.67. The van der Waals surface area contributed by atoms with Gasteiger partial charge in [-0.1, -0.05) is 41.5 Å². The lowest BCUT2D eigenvalue weighted by Gasteiger charge is -2.43. The highest BCUT2D eigenvalue weighted by Crippen LogP contribution is 2.40. The van der Waals surface area contributed by atoms with Gasteiger partial charge in [0.1, 0.15) is 0 Å². The Labute approximate surface area is 216 Å². The number of piperidine rings is 1. The standard InChI is InChI=1S/C28H53NO5Si/c1-20-21(2)24(19-33-23(4)30)18-26(22(20)3)32-17-11-10-12-27(31)29-15-13-25(14-16-29)34-35(8,9)28(5,6)7/h20-22,24-26H,10-19H2,1-9H3/t20-,21+,22?,24?,26+/m0/s1. The summed E-state index contributed by atoms with van der Waals surface area (Å²) in [4.78, 5) is 26.0. The average Bonchev–Trinajstić information content (AvgIpc) is 2.77. The number of esters is 1. The van der Waals surface area contributed by atoms with Crippen LogP contribution in [0.15, 0.2) is 0 Å². The predicted octanol–water partition coefficient (Wildman–Crippen LogP) is 6.05. The third kappa shape index (κ3) is 8.85. The third-order valence-electron chi connectivity index (χ3n) is 9.20. The molecule has 2 fully saturated rings. The Morgan fingerprint density at radius 3 is 2.17 bits per heavy atom. The maximum absolute atomic E-state index is 12.7. The zero-order valence-electron chi connectivity index (χ0n) is 24.0. The SMILES string of the molecule is CC(=O)OCC1C[C@@H](OCCCCC(=O)N2CCC(O[Si](C)(C)C(C)(C)C)CC2)C(C)[C@@H](C)[C@H]1C. The minimum absolute atomic E-state index is 0.192. The molecule has 2 aliphatic rings. The molecule has 1 amide bonds. The Kier molecular flexibility index (Phi) is 11.3. The molecule has 1 aliphatic carbocycles. The maximum atomic E-state index is 12.7. The fourth-order valence-corrected chi connectivity index (χ4v) is 6.65. The molecule has 2 rings (SSSR count). The van der Waals surface area contributed by atoms with Gasteiger partial charge in [-0.05, 0) is 73.9 Å². The van der Waals surface area contributed by atoms with E-state index in [1.54, 1.807) is 0 Å². The normalized spacial score (nSPS) is 28.7. The summed E-state index contributed by atoms with van der Waals surface area (Å²) in [5, 5.41) is 0.219. The van der Waals surface area contributed by atoms with Crippen molar-refractivity contribution in [3.8, 4) is 0 Å². The molecule has 0 bridgehead atoms. The van der Waals surface area contributed by atoms with Crippen LogP contribution in [-0.2, 0) is 23.5 Å². The molecule has 0 aromatic carbocycles. The predicted molar refractivity (Wildman–Crippen MR) is 144 cm³/mol. The number of unbranched alkanes of at least 4 members (excludes halogenated alkanes) is 1. The van der Waals surface area contributed by atoms with Gasteiger partial charge in [0.2, 0.25) is 5.91 Å². The van der Waals surface area contributed by atoms with Gasteiger partial charge >= 0.3 is 5.97 Å². The van der Waals surface area contributed by atoms with Gasteiger partial charge in [0.05, 0.1) is 12.7 Å². The van der Waals surface area contributed by atoms with E-state index in [1.807, 2.05) is 4.90 Å². The molecule has 1 saturated carbocycles. The van der Waals surface area contributed by atoms with Crippen LogP contribution in [0.25, 0.3) is 0 Å². The van der Waals surface area contributed by atoms with Crippen molar-refractivity contribution in [1.82, 2.24) is 4.90 Å². The van der Waals surface area contributed by atoms with Crippen LogP contribution in [0.2, 0.25) is 18.1 Å². The highest BCUT2D eigenvalue weighted by molar-refractivity contribution is 6.74. The van der Waals surface area contributed by atoms with E-state index in [1.165, 1.54) is 6.92 Å². The van der Waals surface area contributed by atoms with Crippen molar-refractivity contribution in [3.63, 3.8) is 0 Å². The van der Waals surface area contributed by atoms with Crippen molar-refractivity contribution >= 4 is 20.2 Å². The molecule has 7 heteroatoms. The van der Waals surface area contributed by atoms with Crippen LogP contribution in [0.3, 0.4) is 0 Å². The first-order valence-corrected chi connectivity index (χ1v) is 16.8. The summed E-state index contributed by atoms with van der Waals surface area (Å²) in [5.41, 5.74) is 0. The van der Waals surface area contributed by atoms with Crippen molar-refractivity contribution in [2.45, 2.75) is 117 Å². The van der Waals surface area contributed by atoms with Gasteiger partial charge in [0.15, 0.2) is 8.32 Å². The second kappa shape index (κ2) is 13.0. The molecule has 0 aromatic heterocycles. The molecule has 0 N–H and O–H groups in total. The van der Waals surface area contributed by atoms with E-state index >= 15 is 0 Å². The fourth-order valence-electron chi connectivity index (χ4n) is 5.23. The molecule has 2 unspecified atom stereocenters. The second-order valence-corrected chi connectivity index (χ2v) is 17.5. The van der Waals surface area contributed by atoms with Crippen LogP contribution >= 0.6 is 0 Å². The number of likely N-dealkylation sites (tertiary alicyclic amines) is 1. The largest absolute Gasteiger partial charge is 0.466 e. The third-order valence-corrected chi connectivity index (χ3v) is 13.7. The molecule has 0 radical (unpaired) electrons. The highest BCUT2D eigenvalue weighted by Gasteiger charge is 2.40. The van der Waals surface area contributed by atoms with Crippen LogP contribution in [0.4, 0.5) is 0 Å². The van der Waals surface area contributed by atoms with Gasteiger partial charge in [-0.15, -0.1) is 0 Å². The molecule has 6 nitrogen and oxygen atoms in total. The van der Waals surface area contributed by atoms with Crippen LogP contribution in [-0.4, -0.2) is 63.6 Å². The first kappa shape index (κ1) is 30.3. The molecule has 0 aromatic rings. The molecule has 204 valence electrons. The van der Waals surface area contributed by atoms with Gasteiger partial charge < -0.3 is 18.8 Å². The number of rotatable bonds is 10. The minimum atomic E-state index is -1.75. The number of carbonyl (C=O) groups is 2. The molecule has 5 atom stereocenters. The topological polar surface area (TPSA) is 65.1 Å². The van der Waals surface area contributed by atoms with Gasteiger partial charge in [-0.25, -0.2) is 0 Å². The van der Waals surface area contributed by atoms with Crippen LogP contribution < -0.4 is 0 Å². The summed E-state index contributed by atoms with van der Waals surface area (Å²) in [6, 6.07) is 0. The van der Waals surface area contributed by atoms with Crippen LogP contribution in [0.5, 0.6) is 0 Å². The van der Waals surface area contributed by atoms with Crippen molar-refractivity contribution in [2.24, 2.45) is 23.7 Å². The number of hydrogen-bond donors (Lipinski definition) is 0. The molecular weight excluding hydrogens is 458 g/mol. The number of hydrogen-bond acceptors (Lipinski definition) is 5. The average molecular weight is 512 g/mol. The van der Waals surface area contributed by atoms with Crippen molar-refractivity contribution in [2.75, 3.05) is 26.3 Å². The van der Waals surface area contributed by atoms with Gasteiger partial charge in [0, 0.05) is 39.1 Å². The van der Waals surface area contributed by atoms with Crippen molar-refractivity contribution in [3.05, 3.63) is 0 Å². The molecule has 1 aliphatic heterocycles. The smallest absolute Gasteiger partial charge is 0.302 e. The van der Waals surface area contributed by atoms with E-state index in [-0.39, 0.29) is 23.0 Å². The number of carbonyl (C=O) groups excluding carboxylic acids is 2. The monoisotopic (exact) mass is 511 g/mol. The highest BCUT2D eigenvalue weighted by atomic mass is 28.4. The summed E-state index contributed by atoms with van der Waals surface area (Å²) in [5.74, 6) is 1.93. The molecule has 1 saturated heterocycles. The van der Waals surface area contributed by atoms with Crippen LogP contribution in [0, 0.1) is 23.7 Å². The van der Waals surface area contributed by atoms with E-state index < -0.39 is 8.32 Å². The molecular formula is C28H53NO5Si. The second-order valence-electron chi connectivity index (χ2n) is 12.7. The van der Waals surface area contributed by atoms with E-state index in [4.69, 9.17) is 13.9 Å². The Morgan fingerprint density at radius 2 is 1.60 bits per heavy atom. The quantitative estimate of drug-likeness (QED) is 0.203. The minimum Gasteiger partial charge on any atom is -0.466 e. The van der Waals surface area contributed by atoms with Gasteiger partial charge in [-0.2, -0.15) is 0 Å². The van der Waals surface area contributed by atoms with Crippen LogP contribution in [0.1, 0.15) is 87.0 Å². The Hall–Kier alpha value is -0.923. The molecule has 35 heavy (non-hydrogen) atoms. The summed E-state index contributed by atoms with van der Waals surface area (Å²) in [6.07, 6.45) is 5.68. The van der Waals surface area contributed by atoms with Gasteiger partial charge in [-0.3, -0.25) is 9.59 Å². The zero-order chi connectivity index (χ0) is 26.4. The summed E-state index contributed by atoms with van der Waals surface area (Å²) >= 11 is 0. The van der Waals surface area contributed by atoms with E-state index in [2.05, 4.69) is 54.6 Å². The summed E-state index contributed by atoms with van der Waals surface area (Å²) in [7, 11) is -1.75. The lowest BCUT2D eigenvalue weighted by atomic mass is 9.67. The first-order valence-electron chi connectivity index (χ1n) is 13.9. The fraction of sp³-hybridized carbons (Fsp3) is 0.929. The summed E-state index contributed by atoms with van der Waals surface area (Å²) < 4.78 is 18.2. The first-order chi connectivity index (χ1) is 16.2. The van der Waals surface area contributed by atoms with Gasteiger partial charge in [0.25, 0.3) is 0 Å².